The molecule has 0 radical (unpaired) electrons. The summed E-state index contributed by atoms with van der Waals surface area (Å²) in [7, 11) is 0. The van der Waals surface area contributed by atoms with Crippen molar-refractivity contribution in [3.8, 4) is 0 Å². The Labute approximate surface area is 125 Å². The summed E-state index contributed by atoms with van der Waals surface area (Å²) < 4.78 is 1.02. The normalized spacial score (nSPS) is 11.2. The molecule has 0 atom stereocenters. The second kappa shape index (κ2) is 7.85. The predicted octanol–water partition coefficient (Wildman–Crippen LogP) is -0.838. The molecule has 0 saturated carbocycles. The van der Waals surface area contributed by atoms with Crippen LogP contribution in [-0.2, 0) is 4.79 Å². The zero-order valence-corrected chi connectivity index (χ0v) is 12.8. The number of aliphatic carboxylic acids is 1. The fraction of sp³-hybridized carbons (Fsp3) is 0.0833. The summed E-state index contributed by atoms with van der Waals surface area (Å²) >= 11 is 3.34. The molecule has 0 heterocycles. The van der Waals surface area contributed by atoms with Crippen LogP contribution in [0.1, 0.15) is 12.5 Å². The van der Waals surface area contributed by atoms with Crippen molar-refractivity contribution < 1.29 is 39.5 Å². The van der Waals surface area contributed by atoms with Gasteiger partial charge in [0.05, 0.1) is 5.97 Å². The second-order valence-corrected chi connectivity index (χ2v) is 4.01. The van der Waals surface area contributed by atoms with Gasteiger partial charge in [-0.3, -0.25) is 0 Å². The number of allylic oxidation sites excluding steroid dienone is 2. The van der Waals surface area contributed by atoms with Crippen LogP contribution < -0.4 is 34.7 Å². The van der Waals surface area contributed by atoms with Gasteiger partial charge in [-0.05, 0) is 36.3 Å². The number of carbonyl (C=O) groups is 1. The van der Waals surface area contributed by atoms with Gasteiger partial charge in [0.2, 0.25) is 0 Å². The Hall–Kier alpha value is -0.350. The maximum atomic E-state index is 10.2. The smallest absolute Gasteiger partial charge is 0.545 e. The van der Waals surface area contributed by atoms with E-state index in [1.165, 1.54) is 0 Å². The molecule has 0 bridgehead atoms. The van der Waals surface area contributed by atoms with Crippen LogP contribution in [0.4, 0.5) is 0 Å². The van der Waals surface area contributed by atoms with Crippen molar-refractivity contribution in [2.24, 2.45) is 0 Å². The largest absolute Gasteiger partial charge is 1.00 e. The second-order valence-electron chi connectivity index (χ2n) is 3.09. The zero-order chi connectivity index (χ0) is 11.3. The van der Waals surface area contributed by atoms with Gasteiger partial charge in [-0.1, -0.05) is 40.2 Å². The van der Waals surface area contributed by atoms with Gasteiger partial charge < -0.3 is 9.90 Å². The quantitative estimate of drug-likeness (QED) is 0.414. The van der Waals surface area contributed by atoms with Crippen molar-refractivity contribution in [1.82, 2.24) is 0 Å². The number of rotatable bonds is 3. The minimum Gasteiger partial charge on any atom is -0.545 e. The molecule has 2 nitrogen and oxygen atoms in total. The zero-order valence-electron chi connectivity index (χ0n) is 9.24. The third kappa shape index (κ3) is 6.28. The molecule has 1 aromatic rings. The maximum absolute atomic E-state index is 10.2. The van der Waals surface area contributed by atoms with Crippen LogP contribution in [0.5, 0.6) is 0 Å². The number of benzene rings is 1. The van der Waals surface area contributed by atoms with Gasteiger partial charge >= 0.3 is 29.6 Å². The maximum Gasteiger partial charge on any atom is 1.00 e. The molecule has 78 valence electrons. The van der Waals surface area contributed by atoms with Gasteiger partial charge in [0.25, 0.3) is 0 Å². The minimum absolute atomic E-state index is 0. The van der Waals surface area contributed by atoms with Crippen LogP contribution in [-0.4, -0.2) is 5.97 Å². The monoisotopic (exact) mass is 288 g/mol. The van der Waals surface area contributed by atoms with E-state index in [1.54, 1.807) is 13.0 Å². The third-order valence-corrected chi connectivity index (χ3v) is 2.28. The summed E-state index contributed by atoms with van der Waals surface area (Å²) in [4.78, 5) is 10.2. The molecule has 1 rings (SSSR count). The molecular weight excluding hydrogens is 279 g/mol. The van der Waals surface area contributed by atoms with E-state index in [1.807, 2.05) is 30.3 Å². The Morgan fingerprint density at radius 2 is 1.88 bits per heavy atom. The molecule has 0 spiro atoms. The Kier molecular flexibility index (Phi) is 7.68. The number of halogens is 1. The van der Waals surface area contributed by atoms with Gasteiger partial charge in [0, 0.05) is 4.47 Å². The van der Waals surface area contributed by atoms with Crippen molar-refractivity contribution in [1.29, 1.82) is 0 Å². The Bertz CT molecular complexity index is 408. The van der Waals surface area contributed by atoms with Gasteiger partial charge in [-0.25, -0.2) is 0 Å². The number of hydrogen-bond donors (Lipinski definition) is 0. The van der Waals surface area contributed by atoms with Crippen LogP contribution in [0.3, 0.4) is 0 Å². The van der Waals surface area contributed by atoms with Crippen molar-refractivity contribution >= 4 is 28.0 Å². The van der Waals surface area contributed by atoms with Crippen LogP contribution in [0.15, 0.2) is 46.5 Å². The third-order valence-electron chi connectivity index (χ3n) is 1.75. The molecule has 0 N–H and O–H groups in total. The summed E-state index contributed by atoms with van der Waals surface area (Å²) in [6.07, 6.45) is 4.65. The van der Waals surface area contributed by atoms with Crippen LogP contribution in [0.2, 0.25) is 0 Å². The standard InChI is InChI=1S/C12H11BrO2.Na/c1-9(8-12(14)15)2-3-10-4-6-11(13)7-5-10;/h2-8H,1H3,(H,14,15);/q;+1/p-1. The molecule has 0 aliphatic heterocycles. The molecule has 0 aliphatic rings. The number of carboxylic acid groups (broad SMARTS) is 1. The first-order valence-corrected chi connectivity index (χ1v) is 5.20. The van der Waals surface area contributed by atoms with E-state index in [0.717, 1.165) is 16.1 Å². The Morgan fingerprint density at radius 1 is 1.31 bits per heavy atom. The number of hydrogen-bond acceptors (Lipinski definition) is 2. The first kappa shape index (κ1) is 15.7. The van der Waals surface area contributed by atoms with Crippen molar-refractivity contribution in [3.63, 3.8) is 0 Å². The predicted molar refractivity (Wildman–Crippen MR) is 61.9 cm³/mol. The van der Waals surface area contributed by atoms with E-state index in [2.05, 4.69) is 15.9 Å². The average molecular weight is 289 g/mol. The summed E-state index contributed by atoms with van der Waals surface area (Å²) in [5.74, 6) is -1.17. The molecule has 0 fully saturated rings. The fourth-order valence-corrected chi connectivity index (χ4v) is 1.30. The molecule has 0 aromatic heterocycles. The minimum atomic E-state index is -1.17. The Balaban J connectivity index is 0.00000225. The topological polar surface area (TPSA) is 40.1 Å². The van der Waals surface area contributed by atoms with Crippen LogP contribution in [0.25, 0.3) is 6.08 Å². The van der Waals surface area contributed by atoms with E-state index in [4.69, 9.17) is 0 Å². The summed E-state index contributed by atoms with van der Waals surface area (Å²) in [6.45, 7) is 1.71. The van der Waals surface area contributed by atoms with Crippen LogP contribution in [0, 0.1) is 0 Å². The van der Waals surface area contributed by atoms with Gasteiger partial charge in [0.15, 0.2) is 0 Å². The first-order valence-electron chi connectivity index (χ1n) is 4.41. The Morgan fingerprint density at radius 3 is 2.38 bits per heavy atom. The molecular formula is C12H10BrNaO2. The van der Waals surface area contributed by atoms with E-state index in [-0.39, 0.29) is 29.6 Å². The number of carbonyl (C=O) groups excluding carboxylic acids is 1. The first-order chi connectivity index (χ1) is 7.08. The molecule has 0 amide bonds. The van der Waals surface area contributed by atoms with E-state index in [9.17, 15) is 9.90 Å². The summed E-state index contributed by atoms with van der Waals surface area (Å²) in [6, 6.07) is 7.73. The summed E-state index contributed by atoms with van der Waals surface area (Å²) in [5, 5.41) is 10.2. The molecule has 0 aliphatic carbocycles. The number of carboxylic acids is 1. The molecule has 0 unspecified atom stereocenters. The van der Waals surface area contributed by atoms with Gasteiger partial charge in [-0.2, -0.15) is 0 Å². The van der Waals surface area contributed by atoms with Crippen LogP contribution >= 0.6 is 15.9 Å². The molecule has 1 aromatic carbocycles. The van der Waals surface area contributed by atoms with Gasteiger partial charge in [-0.15, -0.1) is 0 Å². The molecule has 16 heavy (non-hydrogen) atoms. The molecule has 0 saturated heterocycles. The van der Waals surface area contributed by atoms with Crippen molar-refractivity contribution in [3.05, 3.63) is 52.0 Å². The van der Waals surface area contributed by atoms with Crippen molar-refractivity contribution in [2.75, 3.05) is 0 Å². The summed E-state index contributed by atoms with van der Waals surface area (Å²) in [5.41, 5.74) is 1.67. The fourth-order valence-electron chi connectivity index (χ4n) is 1.04. The van der Waals surface area contributed by atoms with E-state index >= 15 is 0 Å². The van der Waals surface area contributed by atoms with E-state index in [0.29, 0.717) is 5.57 Å². The van der Waals surface area contributed by atoms with Crippen molar-refractivity contribution in [2.45, 2.75) is 6.92 Å². The molecule has 4 heteroatoms. The SMILES string of the molecule is CC(C=Cc1ccc(Br)cc1)=CC(=O)[O-].[Na+]. The van der Waals surface area contributed by atoms with E-state index < -0.39 is 5.97 Å². The van der Waals surface area contributed by atoms with Gasteiger partial charge in [0.1, 0.15) is 0 Å². The average Bonchev–Trinajstić information content (AvgIpc) is 2.16.